The monoisotopic (exact) mass is 197 g/mol. The maximum Gasteiger partial charge on any atom is 0 e. The van der Waals surface area contributed by atoms with Crippen LogP contribution in [0.3, 0.4) is 0 Å². The van der Waals surface area contributed by atoms with E-state index < -0.39 is 0 Å². The van der Waals surface area contributed by atoms with Gasteiger partial charge in [-0.1, -0.05) is 13.3 Å². The zero-order valence-electron chi connectivity index (χ0n) is 6.15. The number of hydrogen-bond acceptors (Lipinski definition) is 0. The minimum atomic E-state index is 0. The van der Waals surface area contributed by atoms with Crippen molar-refractivity contribution in [1.29, 1.82) is 0 Å². The summed E-state index contributed by atoms with van der Waals surface area (Å²) in [6.45, 7) is 9.26. The van der Waals surface area contributed by atoms with Gasteiger partial charge in [-0.25, -0.2) is 0 Å². The summed E-state index contributed by atoms with van der Waals surface area (Å²) in [6.07, 6.45) is 6.85. The summed E-state index contributed by atoms with van der Waals surface area (Å²) in [5, 5.41) is 0. The zero-order valence-corrected chi connectivity index (χ0v) is 8.98. The summed E-state index contributed by atoms with van der Waals surface area (Å²) < 4.78 is 0. The average molecular weight is 197 g/mol. The molecule has 0 rings (SSSR count). The molecule has 0 aliphatic carbocycles. The number of allylic oxidation sites excluding steroid dienone is 3. The molecule has 0 heterocycles. The van der Waals surface area contributed by atoms with Gasteiger partial charge in [-0.2, -0.15) is 0 Å². The summed E-state index contributed by atoms with van der Waals surface area (Å²) in [5.74, 6) is 0. The molecule has 0 aliphatic rings. The fourth-order valence-electron chi connectivity index (χ4n) is 0.381. The number of unbranched alkanes of at least 4 members (excludes halogenated alkanes) is 1. The predicted molar refractivity (Wildman–Crippen MR) is 36.2 cm³/mol. The van der Waals surface area contributed by atoms with Crippen LogP contribution >= 0.6 is 0 Å². The third-order valence-corrected chi connectivity index (χ3v) is 0.904. The van der Waals surface area contributed by atoms with E-state index in [4.69, 9.17) is 6.58 Å². The Balaban J connectivity index is 0. The van der Waals surface area contributed by atoms with Crippen LogP contribution in [0.15, 0.2) is 11.6 Å². The molecule has 0 amide bonds. The van der Waals surface area contributed by atoms with Crippen molar-refractivity contribution >= 4 is 0 Å². The first-order valence-electron chi connectivity index (χ1n) is 2.93. The van der Waals surface area contributed by atoms with Crippen molar-refractivity contribution in [2.75, 3.05) is 0 Å². The minimum Gasteiger partial charge on any atom is -0.394 e. The van der Waals surface area contributed by atoms with Crippen LogP contribution in [-0.4, -0.2) is 0 Å². The molecule has 0 aromatic heterocycles. The number of rotatable bonds is 3. The van der Waals surface area contributed by atoms with E-state index >= 15 is 0 Å². The molecular formula is C8H12Y-2. The quantitative estimate of drug-likeness (QED) is 0.481. The van der Waals surface area contributed by atoms with E-state index in [1.165, 1.54) is 0 Å². The molecule has 0 N–H and O–H groups in total. The molecule has 1 radical (unpaired) electrons. The van der Waals surface area contributed by atoms with Crippen molar-refractivity contribution in [2.45, 2.75) is 26.7 Å². The van der Waals surface area contributed by atoms with E-state index in [1.54, 1.807) is 6.08 Å². The normalized spacial score (nSPS) is 10.2. The molecule has 9 heavy (non-hydrogen) atoms. The van der Waals surface area contributed by atoms with Crippen LogP contribution in [0.4, 0.5) is 0 Å². The Bertz CT molecular complexity index is 92.7. The minimum absolute atomic E-state index is 0. The summed E-state index contributed by atoms with van der Waals surface area (Å²) in [5.41, 5.74) is 1.05. The fraction of sp³-hybridized carbons (Fsp3) is 0.500. The largest absolute Gasteiger partial charge is 0.394 e. The molecule has 0 aliphatic heterocycles. The van der Waals surface area contributed by atoms with Gasteiger partial charge in [0.25, 0.3) is 0 Å². The molecule has 0 fully saturated rings. The molecule has 0 spiro atoms. The van der Waals surface area contributed by atoms with Gasteiger partial charge in [-0.3, -0.25) is 0 Å². The van der Waals surface area contributed by atoms with Crippen molar-refractivity contribution in [3.63, 3.8) is 0 Å². The first-order valence-corrected chi connectivity index (χ1v) is 2.93. The van der Waals surface area contributed by atoms with Crippen LogP contribution in [0.2, 0.25) is 0 Å². The van der Waals surface area contributed by atoms with E-state index in [-0.39, 0.29) is 32.7 Å². The van der Waals surface area contributed by atoms with Gasteiger partial charge in [0.1, 0.15) is 0 Å². The van der Waals surface area contributed by atoms with E-state index in [1.807, 2.05) is 6.92 Å². The Hall–Kier alpha value is 0.584. The summed E-state index contributed by atoms with van der Waals surface area (Å²) in [4.78, 5) is 0. The molecule has 0 bridgehead atoms. The van der Waals surface area contributed by atoms with E-state index in [2.05, 4.69) is 13.0 Å². The van der Waals surface area contributed by atoms with Gasteiger partial charge in [0.15, 0.2) is 0 Å². The maximum atomic E-state index is 5.19. The second-order valence-electron chi connectivity index (χ2n) is 1.78. The predicted octanol–water partition coefficient (Wildman–Crippen LogP) is 2.52. The average Bonchev–Trinajstić information content (AvgIpc) is 1.83. The van der Waals surface area contributed by atoms with Gasteiger partial charge < -0.3 is 24.3 Å². The second-order valence-corrected chi connectivity index (χ2v) is 1.78. The molecule has 49 valence electrons. The Morgan fingerprint density at radius 2 is 2.22 bits per heavy atom. The van der Waals surface area contributed by atoms with Crippen molar-refractivity contribution in [3.8, 4) is 0 Å². The molecule has 0 aromatic carbocycles. The third-order valence-electron chi connectivity index (χ3n) is 0.904. The van der Waals surface area contributed by atoms with Crippen LogP contribution in [0, 0.1) is 12.7 Å². The van der Waals surface area contributed by atoms with Crippen LogP contribution in [0.1, 0.15) is 26.7 Å². The van der Waals surface area contributed by atoms with Crippen molar-refractivity contribution < 1.29 is 32.7 Å². The van der Waals surface area contributed by atoms with Gasteiger partial charge in [0.2, 0.25) is 0 Å². The smallest absolute Gasteiger partial charge is 0 e. The molecule has 1 heteroatoms. The molecule has 0 nitrogen and oxygen atoms in total. The summed E-state index contributed by atoms with van der Waals surface area (Å²) in [7, 11) is 0. The van der Waals surface area contributed by atoms with E-state index in [9.17, 15) is 0 Å². The molecule has 0 saturated carbocycles. The van der Waals surface area contributed by atoms with Gasteiger partial charge in [0, 0.05) is 32.7 Å². The zero-order chi connectivity index (χ0) is 6.41. The fourth-order valence-corrected chi connectivity index (χ4v) is 0.381. The van der Waals surface area contributed by atoms with Gasteiger partial charge in [-0.05, 0) is 0 Å². The third kappa shape index (κ3) is 8.58. The molecular weight excluding hydrogens is 185 g/mol. The SMILES string of the molecule is [CH-]=CC(C)=[C-]CCC.[Y]. The van der Waals surface area contributed by atoms with Crippen LogP contribution in [-0.2, 0) is 32.7 Å². The first kappa shape index (κ1) is 12.3. The second kappa shape index (κ2) is 8.58. The van der Waals surface area contributed by atoms with Gasteiger partial charge in [-0.15, -0.1) is 13.3 Å². The molecule has 0 saturated heterocycles. The van der Waals surface area contributed by atoms with E-state index in [0.29, 0.717) is 0 Å². The van der Waals surface area contributed by atoms with Crippen LogP contribution in [0.5, 0.6) is 0 Å². The topological polar surface area (TPSA) is 0 Å². The Morgan fingerprint density at radius 3 is 2.56 bits per heavy atom. The maximum absolute atomic E-state index is 5.19. The van der Waals surface area contributed by atoms with Crippen molar-refractivity contribution in [2.24, 2.45) is 0 Å². The van der Waals surface area contributed by atoms with Crippen molar-refractivity contribution in [1.82, 2.24) is 0 Å². The van der Waals surface area contributed by atoms with Crippen LogP contribution in [0.25, 0.3) is 0 Å². The Morgan fingerprint density at radius 1 is 1.67 bits per heavy atom. The molecule has 0 unspecified atom stereocenters. The standard InChI is InChI=1S/C8H12.Y/c1-4-6-7-8(3)5-2;/h2,5H,4,6H2,1,3H3;/q-2;. The Labute approximate surface area is 83.3 Å². The van der Waals surface area contributed by atoms with E-state index in [0.717, 1.165) is 18.4 Å². The van der Waals surface area contributed by atoms with Gasteiger partial charge >= 0.3 is 0 Å². The molecule has 0 atom stereocenters. The Kier molecular flexibility index (Phi) is 11.7. The number of hydrogen-bond donors (Lipinski definition) is 0. The summed E-state index contributed by atoms with van der Waals surface area (Å²) >= 11 is 0. The summed E-state index contributed by atoms with van der Waals surface area (Å²) in [6, 6.07) is 0. The van der Waals surface area contributed by atoms with Gasteiger partial charge in [0.05, 0.1) is 0 Å². The molecule has 0 aromatic rings. The van der Waals surface area contributed by atoms with Crippen LogP contribution < -0.4 is 0 Å². The first-order chi connectivity index (χ1) is 3.81. The van der Waals surface area contributed by atoms with Crippen molar-refractivity contribution in [3.05, 3.63) is 24.3 Å².